The first-order valence-electron chi connectivity index (χ1n) is 8.17. The summed E-state index contributed by atoms with van der Waals surface area (Å²) in [6, 6.07) is 0.648. The predicted molar refractivity (Wildman–Crippen MR) is 93.3 cm³/mol. The molecule has 3 N–H and O–H groups in total. The van der Waals surface area contributed by atoms with Gasteiger partial charge in [0, 0.05) is 23.7 Å². The van der Waals surface area contributed by atoms with Crippen molar-refractivity contribution >= 4 is 11.9 Å². The van der Waals surface area contributed by atoms with Gasteiger partial charge in [0.1, 0.15) is 6.04 Å². The number of aromatic nitrogens is 4. The Morgan fingerprint density at radius 1 is 1.27 bits per heavy atom. The number of hydrogen-bond acceptors (Lipinski definition) is 6. The Morgan fingerprint density at radius 3 is 2.46 bits per heavy atom. The van der Waals surface area contributed by atoms with Gasteiger partial charge < -0.3 is 15.4 Å². The molecule has 9 nitrogen and oxygen atoms in total. The lowest BCUT2D eigenvalue weighted by Gasteiger charge is -2.16. The molecule has 2 heterocycles. The predicted octanol–water partition coefficient (Wildman–Crippen LogP) is 0.693. The van der Waals surface area contributed by atoms with Crippen LogP contribution in [0.25, 0.3) is 11.6 Å². The Balaban J connectivity index is 2.18. The number of aromatic amines is 1. The number of carboxylic acid groups (broad SMARTS) is 1. The fourth-order valence-electron chi connectivity index (χ4n) is 2.44. The van der Waals surface area contributed by atoms with Crippen molar-refractivity contribution in [2.75, 3.05) is 0 Å². The lowest BCUT2D eigenvalue weighted by Crippen LogP contribution is -2.43. The van der Waals surface area contributed by atoms with E-state index in [1.54, 1.807) is 13.0 Å². The van der Waals surface area contributed by atoms with Gasteiger partial charge in [-0.25, -0.2) is 19.7 Å². The van der Waals surface area contributed by atoms with Gasteiger partial charge in [-0.2, -0.15) is 0 Å². The van der Waals surface area contributed by atoms with Crippen LogP contribution in [0, 0.1) is 12.8 Å². The third kappa shape index (κ3) is 4.95. The summed E-state index contributed by atoms with van der Waals surface area (Å²) >= 11 is 0. The van der Waals surface area contributed by atoms with Gasteiger partial charge in [0.05, 0.1) is 6.42 Å². The lowest BCUT2D eigenvalue weighted by molar-refractivity contribution is -0.142. The molecule has 2 aromatic heterocycles. The maximum absolute atomic E-state index is 12.3. The van der Waals surface area contributed by atoms with Crippen molar-refractivity contribution in [3.63, 3.8) is 0 Å². The smallest absolute Gasteiger partial charge is 0.326 e. The number of carbonyl (C=O) groups is 2. The van der Waals surface area contributed by atoms with Crippen LogP contribution in [-0.2, 0) is 16.0 Å². The zero-order valence-electron chi connectivity index (χ0n) is 14.8. The molecule has 0 fully saturated rings. The third-order valence-electron chi connectivity index (χ3n) is 3.68. The zero-order valence-corrected chi connectivity index (χ0v) is 14.8. The minimum absolute atomic E-state index is 0.105. The second-order valence-electron chi connectivity index (χ2n) is 6.32. The van der Waals surface area contributed by atoms with E-state index in [0.29, 0.717) is 12.1 Å². The van der Waals surface area contributed by atoms with E-state index in [2.05, 4.69) is 25.3 Å². The fraction of sp³-hybridized carbons (Fsp3) is 0.412. The highest BCUT2D eigenvalue weighted by atomic mass is 16.4. The number of aryl methyl sites for hydroxylation is 1. The first-order chi connectivity index (χ1) is 12.3. The van der Waals surface area contributed by atoms with E-state index in [1.165, 1.54) is 12.4 Å². The van der Waals surface area contributed by atoms with Crippen molar-refractivity contribution in [2.45, 2.75) is 39.7 Å². The first kappa shape index (κ1) is 19.2. The second kappa shape index (κ2) is 8.32. The number of rotatable bonds is 7. The van der Waals surface area contributed by atoms with E-state index in [0.717, 1.165) is 0 Å². The molecule has 0 aliphatic heterocycles. The van der Waals surface area contributed by atoms with Crippen molar-refractivity contribution in [2.24, 2.45) is 5.92 Å². The van der Waals surface area contributed by atoms with Gasteiger partial charge >= 0.3 is 5.97 Å². The van der Waals surface area contributed by atoms with Gasteiger partial charge in [-0.1, -0.05) is 13.8 Å². The molecule has 1 unspecified atom stereocenters. The number of H-pyrrole nitrogens is 1. The number of nitrogens with one attached hydrogen (secondary N) is 2. The van der Waals surface area contributed by atoms with Gasteiger partial charge in [-0.3, -0.25) is 9.59 Å². The van der Waals surface area contributed by atoms with E-state index in [9.17, 15) is 19.5 Å². The van der Waals surface area contributed by atoms with Gasteiger partial charge in [0.25, 0.3) is 5.56 Å². The highest BCUT2D eigenvalue weighted by molar-refractivity contribution is 5.84. The molecule has 2 rings (SSSR count). The van der Waals surface area contributed by atoms with Crippen LogP contribution in [0.3, 0.4) is 0 Å². The third-order valence-corrected chi connectivity index (χ3v) is 3.68. The molecule has 0 radical (unpaired) electrons. The monoisotopic (exact) mass is 359 g/mol. The van der Waals surface area contributed by atoms with Crippen LogP contribution >= 0.6 is 0 Å². The Morgan fingerprint density at radius 2 is 1.92 bits per heavy atom. The molecule has 0 aromatic carbocycles. The minimum atomic E-state index is -1.10. The van der Waals surface area contributed by atoms with Crippen molar-refractivity contribution < 1.29 is 14.7 Å². The van der Waals surface area contributed by atoms with Crippen LogP contribution in [-0.4, -0.2) is 43.0 Å². The molecule has 0 bridgehead atoms. The van der Waals surface area contributed by atoms with Crippen molar-refractivity contribution in [3.8, 4) is 11.6 Å². The lowest BCUT2D eigenvalue weighted by atomic mass is 10.0. The minimum Gasteiger partial charge on any atom is -0.480 e. The summed E-state index contributed by atoms with van der Waals surface area (Å²) in [5.74, 6) is -1.06. The number of aliphatic carboxylic acids is 1. The molecule has 0 spiro atoms. The van der Waals surface area contributed by atoms with Crippen LogP contribution in [0.2, 0.25) is 0 Å². The molecule has 9 heteroatoms. The number of amides is 1. The maximum atomic E-state index is 12.3. The summed E-state index contributed by atoms with van der Waals surface area (Å²) in [5.41, 5.74) is 0.0591. The van der Waals surface area contributed by atoms with Crippen LogP contribution < -0.4 is 10.9 Å². The quantitative estimate of drug-likeness (QED) is 0.661. The van der Waals surface area contributed by atoms with Crippen molar-refractivity contribution in [1.82, 2.24) is 25.3 Å². The molecule has 1 amide bonds. The summed E-state index contributed by atoms with van der Waals surface area (Å²) in [6.07, 6.45) is 3.10. The maximum Gasteiger partial charge on any atom is 0.326 e. The van der Waals surface area contributed by atoms with Gasteiger partial charge in [0.15, 0.2) is 11.6 Å². The van der Waals surface area contributed by atoms with Gasteiger partial charge in [-0.15, -0.1) is 0 Å². The van der Waals surface area contributed by atoms with Gasteiger partial charge in [-0.05, 0) is 25.3 Å². The molecule has 0 saturated carbocycles. The molecule has 2 aromatic rings. The van der Waals surface area contributed by atoms with E-state index in [1.807, 2.05) is 13.8 Å². The summed E-state index contributed by atoms with van der Waals surface area (Å²) in [7, 11) is 0. The van der Waals surface area contributed by atoms with Crippen LogP contribution in [0.1, 0.15) is 31.5 Å². The van der Waals surface area contributed by atoms with E-state index in [-0.39, 0.29) is 29.6 Å². The summed E-state index contributed by atoms with van der Waals surface area (Å²) in [6.45, 7) is 5.34. The van der Waals surface area contributed by atoms with Crippen molar-refractivity contribution in [3.05, 3.63) is 40.1 Å². The van der Waals surface area contributed by atoms with Crippen LogP contribution in [0.5, 0.6) is 0 Å². The van der Waals surface area contributed by atoms with Crippen molar-refractivity contribution in [1.29, 1.82) is 0 Å². The standard InChI is InChI=1S/C17H21N5O4/c1-9(2)7-12(17(25)26)21-13(23)8-11-10(3)20-15(22-16(11)24)14-18-5-4-6-19-14/h4-6,9,12H,7-8H2,1-3H3,(H,21,23)(H,25,26)(H,20,22,24). The van der Waals surface area contributed by atoms with E-state index in [4.69, 9.17) is 0 Å². The second-order valence-corrected chi connectivity index (χ2v) is 6.32. The Hall–Kier alpha value is -3.10. The molecule has 0 aliphatic rings. The van der Waals surface area contributed by atoms with E-state index < -0.39 is 23.5 Å². The summed E-state index contributed by atoms with van der Waals surface area (Å²) in [4.78, 5) is 50.6. The number of carbonyl (C=O) groups excluding carboxylic acids is 1. The largest absolute Gasteiger partial charge is 0.480 e. The summed E-state index contributed by atoms with van der Waals surface area (Å²) in [5, 5.41) is 11.7. The van der Waals surface area contributed by atoms with Gasteiger partial charge in [0.2, 0.25) is 5.91 Å². The molecule has 26 heavy (non-hydrogen) atoms. The molecular formula is C17H21N5O4. The van der Waals surface area contributed by atoms with Crippen LogP contribution in [0.15, 0.2) is 23.3 Å². The topological polar surface area (TPSA) is 138 Å². The fourth-order valence-corrected chi connectivity index (χ4v) is 2.44. The van der Waals surface area contributed by atoms with E-state index >= 15 is 0 Å². The average molecular weight is 359 g/mol. The summed E-state index contributed by atoms with van der Waals surface area (Å²) < 4.78 is 0. The SMILES string of the molecule is Cc1nc(-c2ncccn2)[nH]c(=O)c1CC(=O)NC(CC(C)C)C(=O)O. The number of nitrogens with zero attached hydrogens (tertiary/aromatic N) is 3. The molecule has 0 aliphatic carbocycles. The average Bonchev–Trinajstić information content (AvgIpc) is 2.57. The molecule has 1 atom stereocenters. The molecular weight excluding hydrogens is 338 g/mol. The Kier molecular flexibility index (Phi) is 6.16. The normalized spacial score (nSPS) is 12.0. The number of carboxylic acids is 1. The Bertz CT molecular complexity index is 848. The molecule has 138 valence electrons. The molecule has 0 saturated heterocycles. The first-order valence-corrected chi connectivity index (χ1v) is 8.17. The highest BCUT2D eigenvalue weighted by Crippen LogP contribution is 2.09. The van der Waals surface area contributed by atoms with Crippen LogP contribution in [0.4, 0.5) is 0 Å². The zero-order chi connectivity index (χ0) is 19.3. The Labute approximate surface area is 149 Å². The highest BCUT2D eigenvalue weighted by Gasteiger charge is 2.22. The number of hydrogen-bond donors (Lipinski definition) is 3.